The first kappa shape index (κ1) is 23.3. The highest BCUT2D eigenvalue weighted by Gasteiger charge is 2.16. The van der Waals surface area contributed by atoms with Crippen molar-refractivity contribution in [1.29, 1.82) is 0 Å². The quantitative estimate of drug-likeness (QED) is 0.500. The molecule has 0 saturated carbocycles. The molecule has 2 aromatic carbocycles. The number of nitrogens with one attached hydrogen (secondary N) is 3. The number of hydrogen-bond donors (Lipinski definition) is 3. The first-order valence-corrected chi connectivity index (χ1v) is 11.3. The number of pyridine rings is 1. The van der Waals surface area contributed by atoms with Crippen LogP contribution in [0.3, 0.4) is 0 Å². The Morgan fingerprint density at radius 1 is 1.03 bits per heavy atom. The largest absolute Gasteiger partial charge is 0.376 e. The number of benzene rings is 2. The van der Waals surface area contributed by atoms with Gasteiger partial charge >= 0.3 is 6.03 Å². The van der Waals surface area contributed by atoms with Gasteiger partial charge in [0.15, 0.2) is 0 Å². The van der Waals surface area contributed by atoms with Gasteiger partial charge in [0.1, 0.15) is 5.56 Å². The molecule has 3 N–H and O–H groups in total. The molecule has 0 bridgehead atoms. The lowest BCUT2D eigenvalue weighted by molar-refractivity contribution is 0.102. The van der Waals surface area contributed by atoms with Gasteiger partial charge in [0.2, 0.25) is 0 Å². The molecule has 1 aromatic heterocycles. The highest BCUT2D eigenvalue weighted by molar-refractivity contribution is 6.04. The number of carbonyl (C=O) groups excluding carboxylic acids is 2. The van der Waals surface area contributed by atoms with Crippen molar-refractivity contribution in [1.82, 2.24) is 9.88 Å². The van der Waals surface area contributed by atoms with E-state index in [-0.39, 0.29) is 23.3 Å². The van der Waals surface area contributed by atoms with E-state index >= 15 is 0 Å². The summed E-state index contributed by atoms with van der Waals surface area (Å²) in [6.45, 7) is 3.59. The summed E-state index contributed by atoms with van der Waals surface area (Å²) in [4.78, 5) is 37.7. The molecule has 2 heterocycles. The summed E-state index contributed by atoms with van der Waals surface area (Å²) < 4.78 is 7.01. The summed E-state index contributed by atoms with van der Waals surface area (Å²) >= 11 is 0. The van der Waals surface area contributed by atoms with Crippen molar-refractivity contribution < 1.29 is 14.3 Å². The van der Waals surface area contributed by atoms with Crippen molar-refractivity contribution in [2.24, 2.45) is 0 Å². The van der Waals surface area contributed by atoms with Crippen LogP contribution in [0.2, 0.25) is 0 Å². The van der Waals surface area contributed by atoms with Gasteiger partial charge in [-0.15, -0.1) is 0 Å². The van der Waals surface area contributed by atoms with Crippen LogP contribution in [-0.2, 0) is 11.3 Å². The molecular weight excluding hydrogens is 432 g/mol. The number of urea groups is 1. The summed E-state index contributed by atoms with van der Waals surface area (Å²) in [6, 6.07) is 17.5. The molecule has 176 valence electrons. The fourth-order valence-corrected chi connectivity index (χ4v) is 3.86. The number of ether oxygens (including phenoxy) is 1. The summed E-state index contributed by atoms with van der Waals surface area (Å²) in [5.74, 6) is -0.487. The zero-order chi connectivity index (χ0) is 23.9. The molecule has 8 nitrogen and oxygen atoms in total. The van der Waals surface area contributed by atoms with Crippen LogP contribution < -0.4 is 21.5 Å². The molecule has 1 unspecified atom stereocenters. The average Bonchev–Trinajstić information content (AvgIpc) is 3.34. The summed E-state index contributed by atoms with van der Waals surface area (Å²) in [6.07, 6.45) is 3.71. The molecule has 1 aliphatic rings. The minimum Gasteiger partial charge on any atom is -0.376 e. The number of carbonyl (C=O) groups is 2. The number of hydrogen-bond acceptors (Lipinski definition) is 4. The minimum atomic E-state index is -0.487. The number of nitrogens with zero attached hydrogens (tertiary/aromatic N) is 1. The van der Waals surface area contributed by atoms with Crippen LogP contribution in [0, 0.1) is 6.92 Å². The van der Waals surface area contributed by atoms with Gasteiger partial charge in [-0.3, -0.25) is 9.59 Å². The van der Waals surface area contributed by atoms with Crippen molar-refractivity contribution in [3.63, 3.8) is 0 Å². The molecule has 0 aliphatic carbocycles. The van der Waals surface area contributed by atoms with Crippen molar-refractivity contribution in [3.8, 4) is 0 Å². The van der Waals surface area contributed by atoms with Crippen LogP contribution in [0.15, 0.2) is 71.7 Å². The van der Waals surface area contributed by atoms with Crippen LogP contribution in [0.5, 0.6) is 0 Å². The van der Waals surface area contributed by atoms with Crippen LogP contribution in [0.1, 0.15) is 34.3 Å². The molecule has 1 aliphatic heterocycles. The van der Waals surface area contributed by atoms with Crippen LogP contribution >= 0.6 is 0 Å². The molecule has 0 spiro atoms. The van der Waals surface area contributed by atoms with E-state index in [1.165, 1.54) is 10.6 Å². The van der Waals surface area contributed by atoms with E-state index in [4.69, 9.17) is 4.74 Å². The zero-order valence-corrected chi connectivity index (χ0v) is 19.0. The van der Waals surface area contributed by atoms with E-state index in [1.54, 1.807) is 36.5 Å². The molecule has 3 aromatic rings. The molecular formula is C26H28N4O4. The minimum absolute atomic E-state index is 0.0610. The lowest BCUT2D eigenvalue weighted by atomic mass is 10.1. The Morgan fingerprint density at radius 3 is 2.50 bits per heavy atom. The molecule has 1 atom stereocenters. The molecule has 1 fully saturated rings. The number of aryl methyl sites for hydroxylation is 1. The van der Waals surface area contributed by atoms with E-state index in [2.05, 4.69) is 16.0 Å². The molecule has 1 saturated heterocycles. The number of aromatic nitrogens is 1. The van der Waals surface area contributed by atoms with Crippen LogP contribution in [0.25, 0.3) is 0 Å². The Labute approximate surface area is 198 Å². The molecule has 3 amide bonds. The van der Waals surface area contributed by atoms with Crippen LogP contribution in [0.4, 0.5) is 16.2 Å². The maximum atomic E-state index is 12.9. The first-order valence-electron chi connectivity index (χ1n) is 11.3. The van der Waals surface area contributed by atoms with E-state index in [1.807, 2.05) is 31.2 Å². The second kappa shape index (κ2) is 10.8. The van der Waals surface area contributed by atoms with Crippen molar-refractivity contribution in [3.05, 3.63) is 93.9 Å². The molecule has 0 radical (unpaired) electrons. The molecule has 8 heteroatoms. The summed E-state index contributed by atoms with van der Waals surface area (Å²) in [7, 11) is 0. The second-order valence-electron chi connectivity index (χ2n) is 8.35. The third-order valence-corrected chi connectivity index (χ3v) is 5.62. The topological polar surface area (TPSA) is 101 Å². The van der Waals surface area contributed by atoms with Gasteiger partial charge < -0.3 is 25.3 Å². The smallest absolute Gasteiger partial charge is 0.319 e. The normalized spacial score (nSPS) is 15.0. The summed E-state index contributed by atoms with van der Waals surface area (Å²) in [5, 5.41) is 8.29. The second-order valence-corrected chi connectivity index (χ2v) is 8.35. The van der Waals surface area contributed by atoms with E-state index in [0.717, 1.165) is 30.6 Å². The van der Waals surface area contributed by atoms with Gasteiger partial charge in [-0.25, -0.2) is 4.79 Å². The molecule has 34 heavy (non-hydrogen) atoms. The van der Waals surface area contributed by atoms with Crippen molar-refractivity contribution >= 4 is 23.3 Å². The Bertz CT molecular complexity index is 1210. The Hall–Kier alpha value is -3.91. The summed E-state index contributed by atoms with van der Waals surface area (Å²) in [5.41, 5.74) is 2.90. The van der Waals surface area contributed by atoms with E-state index in [0.29, 0.717) is 24.5 Å². The highest BCUT2D eigenvalue weighted by Crippen LogP contribution is 2.15. The Balaban J connectivity index is 1.35. The van der Waals surface area contributed by atoms with Gasteiger partial charge in [0.05, 0.1) is 12.6 Å². The maximum Gasteiger partial charge on any atom is 0.319 e. The Morgan fingerprint density at radius 2 is 1.79 bits per heavy atom. The third-order valence-electron chi connectivity index (χ3n) is 5.62. The highest BCUT2D eigenvalue weighted by atomic mass is 16.5. The predicted octanol–water partition coefficient (Wildman–Crippen LogP) is 3.76. The van der Waals surface area contributed by atoms with E-state index in [9.17, 15) is 14.4 Å². The SMILES string of the molecule is Cc1cccc(Cn2cccc(C(=O)Nc3ccc(NC(=O)NCC4CCCO4)cc3)c2=O)c1. The number of amides is 3. The van der Waals surface area contributed by atoms with Crippen LogP contribution in [-0.4, -0.2) is 35.8 Å². The average molecular weight is 461 g/mol. The lowest BCUT2D eigenvalue weighted by Crippen LogP contribution is -2.35. The monoisotopic (exact) mass is 460 g/mol. The molecule has 4 rings (SSSR count). The van der Waals surface area contributed by atoms with Gasteiger partial charge in [-0.2, -0.15) is 0 Å². The van der Waals surface area contributed by atoms with E-state index < -0.39 is 5.91 Å². The third kappa shape index (κ3) is 6.11. The Kier molecular flexibility index (Phi) is 7.39. The van der Waals surface area contributed by atoms with Gasteiger partial charge in [-0.05, 0) is 61.7 Å². The standard InChI is InChI=1S/C26H28N4O4/c1-18-5-2-6-19(15-18)17-30-13-3-8-23(25(30)32)24(31)28-20-9-11-21(12-10-20)29-26(33)27-16-22-7-4-14-34-22/h2-3,5-6,8-13,15,22H,4,7,14,16-17H2,1H3,(H,28,31)(H2,27,29,33). The zero-order valence-electron chi connectivity index (χ0n) is 19.0. The van der Waals surface area contributed by atoms with Gasteiger partial charge in [0.25, 0.3) is 11.5 Å². The number of anilines is 2. The van der Waals surface area contributed by atoms with Crippen molar-refractivity contribution in [2.75, 3.05) is 23.8 Å². The van der Waals surface area contributed by atoms with Crippen molar-refractivity contribution in [2.45, 2.75) is 32.4 Å². The van der Waals surface area contributed by atoms with Gasteiger partial charge in [0, 0.05) is 30.7 Å². The predicted molar refractivity (Wildman–Crippen MR) is 131 cm³/mol. The van der Waals surface area contributed by atoms with Gasteiger partial charge in [-0.1, -0.05) is 29.8 Å². The first-order chi connectivity index (χ1) is 16.5. The fourth-order valence-electron chi connectivity index (χ4n) is 3.86. The number of rotatable bonds is 7. The lowest BCUT2D eigenvalue weighted by Gasteiger charge is -2.12. The maximum absolute atomic E-state index is 12.9. The fraction of sp³-hybridized carbons (Fsp3) is 0.269.